The Morgan fingerprint density at radius 3 is 2.30 bits per heavy atom. The fourth-order valence-electron chi connectivity index (χ4n) is 3.01. The molecule has 4 rings (SSSR count). The SMILES string of the molecule is O=C1NC(=S)N(c2ccc(Cl)c(Cl)c2)C(=O)/C1=C/c1cccn1-c1ccc(Cl)cc1. The molecule has 2 amide bonds. The molecule has 5 nitrogen and oxygen atoms in total. The lowest BCUT2D eigenvalue weighted by Gasteiger charge is -2.29. The predicted molar refractivity (Wildman–Crippen MR) is 123 cm³/mol. The number of amides is 2. The monoisotopic (exact) mass is 475 g/mol. The molecule has 1 N–H and O–H groups in total. The Morgan fingerprint density at radius 1 is 0.900 bits per heavy atom. The maximum atomic E-state index is 13.2. The van der Waals surface area contributed by atoms with E-state index in [9.17, 15) is 9.59 Å². The smallest absolute Gasteiger partial charge is 0.270 e. The molecule has 0 saturated carbocycles. The highest BCUT2D eigenvalue weighted by atomic mass is 35.5. The van der Waals surface area contributed by atoms with Gasteiger partial charge >= 0.3 is 0 Å². The Kier molecular flexibility index (Phi) is 5.66. The van der Waals surface area contributed by atoms with Gasteiger partial charge < -0.3 is 4.57 Å². The van der Waals surface area contributed by atoms with Crippen molar-refractivity contribution in [1.29, 1.82) is 0 Å². The minimum Gasteiger partial charge on any atom is -0.317 e. The molecule has 9 heteroatoms. The third-order valence-corrected chi connectivity index (χ3v) is 5.72. The number of halogens is 3. The molecule has 0 unspecified atom stereocenters. The van der Waals surface area contributed by atoms with Crippen LogP contribution in [0, 0.1) is 0 Å². The molecular weight excluding hydrogens is 465 g/mol. The van der Waals surface area contributed by atoms with Crippen LogP contribution in [0.2, 0.25) is 15.1 Å². The van der Waals surface area contributed by atoms with Gasteiger partial charge in [-0.3, -0.25) is 19.8 Å². The molecular formula is C21H12Cl3N3O2S. The summed E-state index contributed by atoms with van der Waals surface area (Å²) in [7, 11) is 0. The number of hydrogen-bond donors (Lipinski definition) is 1. The number of aromatic nitrogens is 1. The normalized spacial score (nSPS) is 15.6. The van der Waals surface area contributed by atoms with Crippen molar-refractivity contribution < 1.29 is 9.59 Å². The minimum atomic E-state index is -0.579. The highest BCUT2D eigenvalue weighted by molar-refractivity contribution is 7.80. The molecule has 1 aliphatic rings. The van der Waals surface area contributed by atoms with Gasteiger partial charge in [-0.2, -0.15) is 0 Å². The fourth-order valence-corrected chi connectivity index (χ4v) is 3.71. The van der Waals surface area contributed by atoms with Gasteiger partial charge in [0, 0.05) is 22.6 Å². The van der Waals surface area contributed by atoms with Crippen molar-refractivity contribution in [2.24, 2.45) is 0 Å². The van der Waals surface area contributed by atoms with E-state index in [0.717, 1.165) is 5.69 Å². The van der Waals surface area contributed by atoms with Crippen molar-refractivity contribution in [2.45, 2.75) is 0 Å². The van der Waals surface area contributed by atoms with E-state index in [4.69, 9.17) is 47.0 Å². The summed E-state index contributed by atoms with van der Waals surface area (Å²) in [5.74, 6) is -1.14. The number of benzene rings is 2. The molecule has 1 fully saturated rings. The number of rotatable bonds is 3. The standard InChI is InChI=1S/C21H12Cl3N3O2S/c22-12-3-5-13(6-4-12)26-9-1-2-14(26)10-16-19(28)25-21(30)27(20(16)29)15-7-8-17(23)18(24)11-15/h1-11H,(H,25,28,30)/b16-10+. The van der Waals surface area contributed by atoms with Crippen molar-refractivity contribution >= 4 is 75.7 Å². The van der Waals surface area contributed by atoms with E-state index in [1.807, 2.05) is 29.0 Å². The highest BCUT2D eigenvalue weighted by Gasteiger charge is 2.34. The van der Waals surface area contributed by atoms with Crippen LogP contribution in [-0.4, -0.2) is 21.5 Å². The van der Waals surface area contributed by atoms with Crippen molar-refractivity contribution in [3.8, 4) is 5.69 Å². The van der Waals surface area contributed by atoms with Gasteiger partial charge in [0.1, 0.15) is 5.57 Å². The van der Waals surface area contributed by atoms with E-state index in [-0.39, 0.29) is 15.7 Å². The summed E-state index contributed by atoms with van der Waals surface area (Å²) in [5, 5.41) is 3.74. The first kappa shape index (κ1) is 20.6. The quantitative estimate of drug-likeness (QED) is 0.318. The van der Waals surface area contributed by atoms with Crippen LogP contribution in [-0.2, 0) is 9.59 Å². The Morgan fingerprint density at radius 2 is 1.60 bits per heavy atom. The summed E-state index contributed by atoms with van der Waals surface area (Å²) in [5.41, 5.74) is 1.80. The third-order valence-electron chi connectivity index (χ3n) is 4.44. The van der Waals surface area contributed by atoms with Gasteiger partial charge in [0.2, 0.25) is 0 Å². The molecule has 0 spiro atoms. The van der Waals surface area contributed by atoms with Crippen LogP contribution in [0.3, 0.4) is 0 Å². The lowest BCUT2D eigenvalue weighted by molar-refractivity contribution is -0.122. The van der Waals surface area contributed by atoms with Crippen LogP contribution in [0.15, 0.2) is 66.4 Å². The van der Waals surface area contributed by atoms with Gasteiger partial charge in [0.15, 0.2) is 5.11 Å². The summed E-state index contributed by atoms with van der Waals surface area (Å²) < 4.78 is 1.83. The molecule has 150 valence electrons. The largest absolute Gasteiger partial charge is 0.317 e. The van der Waals surface area contributed by atoms with Gasteiger partial charge in [0.25, 0.3) is 11.8 Å². The van der Waals surface area contributed by atoms with E-state index in [0.29, 0.717) is 21.4 Å². The molecule has 0 atom stereocenters. The second-order valence-electron chi connectivity index (χ2n) is 6.34. The highest BCUT2D eigenvalue weighted by Crippen LogP contribution is 2.29. The molecule has 2 heterocycles. The van der Waals surface area contributed by atoms with Crippen LogP contribution >= 0.6 is 47.0 Å². The topological polar surface area (TPSA) is 54.3 Å². The number of nitrogens with one attached hydrogen (secondary N) is 1. The molecule has 1 saturated heterocycles. The van der Waals surface area contributed by atoms with Crippen molar-refractivity contribution in [3.63, 3.8) is 0 Å². The Bertz CT molecular complexity index is 1220. The van der Waals surface area contributed by atoms with Gasteiger partial charge in [-0.25, -0.2) is 0 Å². The van der Waals surface area contributed by atoms with E-state index < -0.39 is 11.8 Å². The average Bonchev–Trinajstić information content (AvgIpc) is 3.16. The lowest BCUT2D eigenvalue weighted by atomic mass is 10.1. The maximum Gasteiger partial charge on any atom is 0.270 e. The zero-order valence-electron chi connectivity index (χ0n) is 15.1. The van der Waals surface area contributed by atoms with Crippen LogP contribution in [0.4, 0.5) is 5.69 Å². The molecule has 1 aromatic heterocycles. The first-order chi connectivity index (χ1) is 14.3. The molecule has 0 bridgehead atoms. The Balaban J connectivity index is 1.74. The third kappa shape index (κ3) is 3.87. The van der Waals surface area contributed by atoms with E-state index >= 15 is 0 Å². The Hall–Kier alpha value is -2.64. The number of nitrogens with zero attached hydrogens (tertiary/aromatic N) is 2. The first-order valence-corrected chi connectivity index (χ1v) is 10.2. The number of anilines is 1. The number of thiocarbonyl (C=S) groups is 1. The zero-order valence-corrected chi connectivity index (χ0v) is 18.2. The average molecular weight is 477 g/mol. The van der Waals surface area contributed by atoms with Crippen LogP contribution in [0.1, 0.15) is 5.69 Å². The molecule has 3 aromatic rings. The van der Waals surface area contributed by atoms with Gasteiger partial charge in [0.05, 0.1) is 15.7 Å². The summed E-state index contributed by atoms with van der Waals surface area (Å²) in [6, 6.07) is 15.5. The summed E-state index contributed by atoms with van der Waals surface area (Å²) in [6.07, 6.45) is 3.33. The summed E-state index contributed by atoms with van der Waals surface area (Å²) >= 11 is 23.2. The molecule has 0 radical (unpaired) electrons. The van der Waals surface area contributed by atoms with Crippen molar-refractivity contribution in [1.82, 2.24) is 9.88 Å². The van der Waals surface area contributed by atoms with Crippen molar-refractivity contribution in [2.75, 3.05) is 4.90 Å². The maximum absolute atomic E-state index is 13.2. The molecule has 2 aromatic carbocycles. The molecule has 1 aliphatic heterocycles. The number of carbonyl (C=O) groups is 2. The number of hydrogen-bond acceptors (Lipinski definition) is 3. The Labute approximate surface area is 192 Å². The van der Waals surface area contributed by atoms with Crippen molar-refractivity contribution in [3.05, 3.63) is 87.1 Å². The second-order valence-corrected chi connectivity index (χ2v) is 7.97. The number of carbonyl (C=O) groups excluding carboxylic acids is 2. The predicted octanol–water partition coefficient (Wildman–Crippen LogP) is 5.27. The lowest BCUT2D eigenvalue weighted by Crippen LogP contribution is -2.54. The van der Waals surface area contributed by atoms with E-state index in [2.05, 4.69) is 5.32 Å². The zero-order chi connectivity index (χ0) is 21.4. The van der Waals surface area contributed by atoms with Gasteiger partial charge in [-0.05, 0) is 72.9 Å². The van der Waals surface area contributed by atoms with Gasteiger partial charge in [-0.15, -0.1) is 0 Å². The van der Waals surface area contributed by atoms with E-state index in [1.54, 1.807) is 30.3 Å². The fraction of sp³-hybridized carbons (Fsp3) is 0. The first-order valence-electron chi connectivity index (χ1n) is 8.65. The van der Waals surface area contributed by atoms with Crippen LogP contribution < -0.4 is 10.2 Å². The molecule has 30 heavy (non-hydrogen) atoms. The second kappa shape index (κ2) is 8.24. The van der Waals surface area contributed by atoms with Gasteiger partial charge in [-0.1, -0.05) is 34.8 Å². The van der Waals surface area contributed by atoms with Crippen LogP contribution in [0.25, 0.3) is 11.8 Å². The minimum absolute atomic E-state index is 0.0337. The van der Waals surface area contributed by atoms with Crippen LogP contribution in [0.5, 0.6) is 0 Å². The van der Waals surface area contributed by atoms with E-state index in [1.165, 1.54) is 17.0 Å². The summed E-state index contributed by atoms with van der Waals surface area (Å²) in [6.45, 7) is 0. The molecule has 0 aliphatic carbocycles. The summed E-state index contributed by atoms with van der Waals surface area (Å²) in [4.78, 5) is 26.9.